The minimum atomic E-state index is -0.800. The number of halogens is 1. The summed E-state index contributed by atoms with van der Waals surface area (Å²) in [5, 5.41) is 9.52. The summed E-state index contributed by atoms with van der Waals surface area (Å²) in [5.41, 5.74) is 2.14. The molecule has 0 aliphatic heterocycles. The van der Waals surface area contributed by atoms with E-state index >= 15 is 0 Å². The van der Waals surface area contributed by atoms with Crippen LogP contribution in [0.2, 0.25) is 5.02 Å². The van der Waals surface area contributed by atoms with Crippen LogP contribution in [0, 0.1) is 6.92 Å². The highest BCUT2D eigenvalue weighted by Crippen LogP contribution is 2.26. The van der Waals surface area contributed by atoms with Gasteiger partial charge in [0.1, 0.15) is 5.25 Å². The van der Waals surface area contributed by atoms with Crippen LogP contribution in [0.15, 0.2) is 53.4 Å². The van der Waals surface area contributed by atoms with Gasteiger partial charge in [0, 0.05) is 9.92 Å². The summed E-state index contributed by atoms with van der Waals surface area (Å²) < 4.78 is 0. The molecule has 0 aliphatic carbocycles. The van der Waals surface area contributed by atoms with Gasteiger partial charge in [-0.25, -0.2) is 0 Å². The van der Waals surface area contributed by atoms with Crippen LogP contribution in [-0.4, -0.2) is 16.3 Å². The van der Waals surface area contributed by atoms with Crippen molar-refractivity contribution in [2.45, 2.75) is 23.5 Å². The minimum absolute atomic E-state index is 0.477. The number of carboxylic acids is 1. The summed E-state index contributed by atoms with van der Waals surface area (Å²) in [7, 11) is 0. The van der Waals surface area contributed by atoms with Crippen LogP contribution in [-0.2, 0) is 11.2 Å². The topological polar surface area (TPSA) is 37.3 Å². The minimum Gasteiger partial charge on any atom is -0.480 e. The van der Waals surface area contributed by atoms with E-state index in [0.717, 1.165) is 10.5 Å². The fourth-order valence-electron chi connectivity index (χ4n) is 1.80. The molecular formula is C16H15ClO2S. The Balaban J connectivity index is 2.09. The summed E-state index contributed by atoms with van der Waals surface area (Å²) in [5.74, 6) is -0.800. The number of aliphatic carboxylic acids is 1. The predicted octanol–water partition coefficient (Wildman–Crippen LogP) is 4.44. The summed E-state index contributed by atoms with van der Waals surface area (Å²) in [6.45, 7) is 2.01. The van der Waals surface area contributed by atoms with Crippen LogP contribution in [0.5, 0.6) is 0 Å². The Hall–Kier alpha value is -1.45. The molecule has 0 aliphatic rings. The van der Waals surface area contributed by atoms with Crippen molar-refractivity contribution in [2.24, 2.45) is 0 Å². The maximum atomic E-state index is 11.4. The lowest BCUT2D eigenvalue weighted by Crippen LogP contribution is -2.19. The molecule has 0 bridgehead atoms. The lowest BCUT2D eigenvalue weighted by Gasteiger charge is -2.12. The smallest absolute Gasteiger partial charge is 0.317 e. The molecule has 1 atom stereocenters. The van der Waals surface area contributed by atoms with Gasteiger partial charge in [-0.3, -0.25) is 4.79 Å². The molecule has 0 amide bonds. The summed E-state index contributed by atoms with van der Waals surface area (Å²) in [6.07, 6.45) is 0.477. The number of carbonyl (C=O) groups is 1. The third-order valence-corrected chi connectivity index (χ3v) is 4.36. The van der Waals surface area contributed by atoms with E-state index in [2.05, 4.69) is 0 Å². The lowest BCUT2D eigenvalue weighted by molar-refractivity contribution is -0.136. The van der Waals surface area contributed by atoms with E-state index in [1.165, 1.54) is 17.3 Å². The highest BCUT2D eigenvalue weighted by atomic mass is 35.5. The number of aryl methyl sites for hydroxylation is 1. The zero-order valence-corrected chi connectivity index (χ0v) is 12.6. The Bertz CT molecular complexity index is 531. The number of hydrogen-bond donors (Lipinski definition) is 1. The summed E-state index contributed by atoms with van der Waals surface area (Å²) in [6, 6.07) is 15.2. The van der Waals surface area contributed by atoms with Crippen molar-refractivity contribution in [3.63, 3.8) is 0 Å². The summed E-state index contributed by atoms with van der Waals surface area (Å²) in [4.78, 5) is 12.4. The fourth-order valence-corrected chi connectivity index (χ4v) is 2.92. The molecule has 0 saturated heterocycles. The van der Waals surface area contributed by atoms with E-state index in [9.17, 15) is 9.90 Å². The van der Waals surface area contributed by atoms with Crippen LogP contribution in [0.25, 0.3) is 0 Å². The largest absolute Gasteiger partial charge is 0.480 e. The molecule has 0 fully saturated rings. The zero-order valence-electron chi connectivity index (χ0n) is 11.0. The van der Waals surface area contributed by atoms with E-state index in [1.54, 1.807) is 12.1 Å². The van der Waals surface area contributed by atoms with Crippen LogP contribution >= 0.6 is 23.4 Å². The van der Waals surface area contributed by atoms with Crippen LogP contribution in [0.1, 0.15) is 11.1 Å². The normalized spacial score (nSPS) is 12.1. The molecule has 0 unspecified atom stereocenters. The van der Waals surface area contributed by atoms with E-state index in [0.29, 0.717) is 11.4 Å². The second-order valence-electron chi connectivity index (χ2n) is 4.59. The van der Waals surface area contributed by atoms with Gasteiger partial charge >= 0.3 is 5.97 Å². The number of rotatable bonds is 5. The first kappa shape index (κ1) is 14.9. The maximum absolute atomic E-state index is 11.4. The SMILES string of the molecule is Cc1ccc(S[C@@H](Cc2ccc(Cl)cc2)C(=O)O)cc1. The molecule has 104 valence electrons. The Morgan fingerprint density at radius 2 is 1.75 bits per heavy atom. The highest BCUT2D eigenvalue weighted by Gasteiger charge is 2.19. The molecule has 0 aromatic heterocycles. The number of carboxylic acid groups (broad SMARTS) is 1. The molecule has 20 heavy (non-hydrogen) atoms. The molecule has 2 aromatic carbocycles. The first-order chi connectivity index (χ1) is 9.54. The van der Waals surface area contributed by atoms with Gasteiger partial charge in [-0.1, -0.05) is 41.4 Å². The summed E-state index contributed by atoms with van der Waals surface area (Å²) >= 11 is 7.21. The molecule has 2 rings (SSSR count). The van der Waals surface area contributed by atoms with Crippen molar-refractivity contribution in [3.05, 3.63) is 64.7 Å². The third-order valence-electron chi connectivity index (χ3n) is 2.91. The second kappa shape index (κ2) is 6.82. The molecule has 4 heteroatoms. The molecule has 2 nitrogen and oxygen atoms in total. The molecule has 0 heterocycles. The van der Waals surface area contributed by atoms with Crippen molar-refractivity contribution < 1.29 is 9.90 Å². The van der Waals surface area contributed by atoms with Crippen LogP contribution in [0.4, 0.5) is 0 Å². The van der Waals surface area contributed by atoms with Crippen LogP contribution < -0.4 is 0 Å². The van der Waals surface area contributed by atoms with Crippen molar-refractivity contribution >= 4 is 29.3 Å². The van der Waals surface area contributed by atoms with E-state index in [-0.39, 0.29) is 0 Å². The first-order valence-electron chi connectivity index (χ1n) is 6.25. The Morgan fingerprint density at radius 3 is 2.30 bits per heavy atom. The Labute approximate surface area is 127 Å². The van der Waals surface area contributed by atoms with Gasteiger partial charge in [0.25, 0.3) is 0 Å². The van der Waals surface area contributed by atoms with Crippen molar-refractivity contribution in [1.82, 2.24) is 0 Å². The quantitative estimate of drug-likeness (QED) is 0.830. The predicted molar refractivity (Wildman–Crippen MR) is 83.6 cm³/mol. The van der Waals surface area contributed by atoms with Gasteiger partial charge in [-0.2, -0.15) is 0 Å². The average Bonchev–Trinajstić information content (AvgIpc) is 2.42. The van der Waals surface area contributed by atoms with Crippen molar-refractivity contribution in [2.75, 3.05) is 0 Å². The number of benzene rings is 2. The van der Waals surface area contributed by atoms with Gasteiger partial charge in [0.2, 0.25) is 0 Å². The number of thioether (sulfide) groups is 1. The van der Waals surface area contributed by atoms with Crippen molar-refractivity contribution in [1.29, 1.82) is 0 Å². The Kier molecular flexibility index (Phi) is 5.10. The first-order valence-corrected chi connectivity index (χ1v) is 7.51. The van der Waals surface area contributed by atoms with E-state index in [4.69, 9.17) is 11.6 Å². The van der Waals surface area contributed by atoms with E-state index in [1.807, 2.05) is 43.3 Å². The highest BCUT2D eigenvalue weighted by molar-refractivity contribution is 8.00. The maximum Gasteiger partial charge on any atom is 0.317 e. The molecular weight excluding hydrogens is 292 g/mol. The number of hydrogen-bond acceptors (Lipinski definition) is 2. The monoisotopic (exact) mass is 306 g/mol. The molecule has 1 N–H and O–H groups in total. The molecule has 0 spiro atoms. The molecule has 2 aromatic rings. The van der Waals surface area contributed by atoms with Gasteiger partial charge in [0.05, 0.1) is 0 Å². The Morgan fingerprint density at radius 1 is 1.15 bits per heavy atom. The third kappa shape index (κ3) is 4.29. The average molecular weight is 307 g/mol. The van der Waals surface area contributed by atoms with Crippen LogP contribution in [0.3, 0.4) is 0 Å². The van der Waals surface area contributed by atoms with Gasteiger partial charge in [-0.15, -0.1) is 11.8 Å². The van der Waals surface area contributed by atoms with Crippen molar-refractivity contribution in [3.8, 4) is 0 Å². The fraction of sp³-hybridized carbons (Fsp3) is 0.188. The van der Waals surface area contributed by atoms with Gasteiger partial charge in [0.15, 0.2) is 0 Å². The molecule has 0 saturated carbocycles. The van der Waals surface area contributed by atoms with Gasteiger partial charge < -0.3 is 5.11 Å². The second-order valence-corrected chi connectivity index (χ2v) is 6.30. The van der Waals surface area contributed by atoms with Gasteiger partial charge in [-0.05, 0) is 43.2 Å². The lowest BCUT2D eigenvalue weighted by atomic mass is 10.1. The molecule has 0 radical (unpaired) electrons. The zero-order chi connectivity index (χ0) is 14.5. The standard InChI is InChI=1S/C16H15ClO2S/c1-11-2-8-14(9-3-11)20-15(16(18)19)10-12-4-6-13(17)7-5-12/h2-9,15H,10H2,1H3,(H,18,19)/t15-/m0/s1. The van der Waals surface area contributed by atoms with E-state index < -0.39 is 11.2 Å².